The van der Waals surface area contributed by atoms with Crippen molar-refractivity contribution < 1.29 is 18.7 Å². The van der Waals surface area contributed by atoms with Gasteiger partial charge in [-0.25, -0.2) is 9.18 Å². The minimum atomic E-state index is -0.655. The third kappa shape index (κ3) is 3.00. The maximum atomic E-state index is 14.8. The van der Waals surface area contributed by atoms with Crippen molar-refractivity contribution in [3.8, 4) is 0 Å². The molecule has 0 aliphatic carbocycles. The molecule has 3 aliphatic rings. The summed E-state index contributed by atoms with van der Waals surface area (Å²) < 4.78 is 20.1. The van der Waals surface area contributed by atoms with Gasteiger partial charge in [-0.15, -0.1) is 0 Å². The van der Waals surface area contributed by atoms with Crippen molar-refractivity contribution >= 4 is 35.1 Å². The van der Waals surface area contributed by atoms with Crippen molar-refractivity contribution in [2.24, 2.45) is 0 Å². The highest BCUT2D eigenvalue weighted by molar-refractivity contribution is 8.00. The molecule has 26 heavy (non-hydrogen) atoms. The number of nitrogens with zero attached hydrogens (tertiary/aromatic N) is 3. The van der Waals surface area contributed by atoms with Crippen LogP contribution < -0.4 is 9.80 Å². The number of anilines is 2. The van der Waals surface area contributed by atoms with Crippen LogP contribution in [0.5, 0.6) is 0 Å². The first-order chi connectivity index (χ1) is 12.4. The van der Waals surface area contributed by atoms with Gasteiger partial charge in [0.15, 0.2) is 6.23 Å². The second kappa shape index (κ2) is 6.64. The lowest BCUT2D eigenvalue weighted by Crippen LogP contribution is -2.38. The minimum absolute atomic E-state index is 0.191. The Hall–Kier alpha value is -1.96. The van der Waals surface area contributed by atoms with E-state index in [1.807, 2.05) is 11.8 Å². The number of halogens is 1. The molecule has 0 spiro atoms. The first-order valence-electron chi connectivity index (χ1n) is 8.83. The number of fused-ring (bicyclic) bond motifs is 2. The molecule has 140 valence electrons. The van der Waals surface area contributed by atoms with E-state index in [-0.39, 0.29) is 18.3 Å². The molecule has 0 aromatic heterocycles. The van der Waals surface area contributed by atoms with Crippen molar-refractivity contribution in [2.75, 3.05) is 35.7 Å². The van der Waals surface area contributed by atoms with E-state index >= 15 is 0 Å². The second-order valence-electron chi connectivity index (χ2n) is 7.04. The number of thioether (sulfide) groups is 1. The van der Waals surface area contributed by atoms with Gasteiger partial charge < -0.3 is 14.5 Å². The monoisotopic (exact) mass is 379 g/mol. The van der Waals surface area contributed by atoms with Gasteiger partial charge in [-0.3, -0.25) is 9.69 Å². The smallest absolute Gasteiger partial charge is 0.416 e. The molecule has 3 aliphatic heterocycles. The van der Waals surface area contributed by atoms with Crippen LogP contribution in [0.2, 0.25) is 0 Å². The van der Waals surface area contributed by atoms with Gasteiger partial charge in [-0.2, -0.15) is 11.8 Å². The molecule has 3 fully saturated rings. The number of likely N-dealkylation sites (N-methyl/N-ethyl adjacent to an activating group) is 1. The molecule has 1 aromatic rings. The summed E-state index contributed by atoms with van der Waals surface area (Å²) in [6, 6.07) is 5.31. The van der Waals surface area contributed by atoms with Crippen molar-refractivity contribution in [3.05, 3.63) is 24.0 Å². The molecule has 3 unspecified atom stereocenters. The van der Waals surface area contributed by atoms with E-state index in [1.54, 1.807) is 19.2 Å². The van der Waals surface area contributed by atoms with E-state index in [1.165, 1.54) is 22.8 Å². The Balaban J connectivity index is 1.53. The highest BCUT2D eigenvalue weighted by Crippen LogP contribution is 2.40. The lowest BCUT2D eigenvalue weighted by molar-refractivity contribution is -0.134. The lowest BCUT2D eigenvalue weighted by atomic mass is 10.1. The Labute approximate surface area is 156 Å². The molecular weight excluding hydrogens is 357 g/mol. The molecule has 3 heterocycles. The molecule has 2 amide bonds. The fourth-order valence-corrected chi connectivity index (χ4v) is 5.26. The van der Waals surface area contributed by atoms with E-state index in [0.29, 0.717) is 22.7 Å². The highest BCUT2D eigenvalue weighted by Gasteiger charge is 2.38. The summed E-state index contributed by atoms with van der Waals surface area (Å²) in [7, 11) is 1.58. The Morgan fingerprint density at radius 2 is 2.19 bits per heavy atom. The van der Waals surface area contributed by atoms with Crippen LogP contribution in [0.3, 0.4) is 0 Å². The van der Waals surface area contributed by atoms with E-state index in [4.69, 9.17) is 4.74 Å². The van der Waals surface area contributed by atoms with Crippen molar-refractivity contribution in [1.29, 1.82) is 0 Å². The SMILES string of the molecule is CC(=O)N(C)C1CN(c2ccc(N3CC4CC3CCS4)c(F)c2)C(=O)O1. The summed E-state index contributed by atoms with van der Waals surface area (Å²) in [5.41, 5.74) is 1.06. The molecule has 0 saturated carbocycles. The summed E-state index contributed by atoms with van der Waals surface area (Å²) in [6.45, 7) is 2.48. The Bertz CT molecular complexity index is 746. The lowest BCUT2D eigenvalue weighted by Gasteiger charge is -2.27. The molecular formula is C18H22FN3O3S. The molecule has 3 saturated heterocycles. The Kier molecular flexibility index (Phi) is 4.46. The standard InChI is InChI=1S/C18H22FN3O3S/c1-11(23)20(2)17-10-22(18(24)25-17)12-3-4-16(15(19)8-12)21-9-14-7-13(21)5-6-26-14/h3-4,8,13-14,17H,5-7,9-10H2,1-2H3. The van der Waals surface area contributed by atoms with E-state index in [9.17, 15) is 14.0 Å². The molecule has 6 nitrogen and oxygen atoms in total. The summed E-state index contributed by atoms with van der Waals surface area (Å²) in [5, 5.41) is 0.587. The van der Waals surface area contributed by atoms with Crippen LogP contribution in [0.25, 0.3) is 0 Å². The third-order valence-corrected chi connectivity index (χ3v) is 6.74. The van der Waals surface area contributed by atoms with Crippen LogP contribution in [0.4, 0.5) is 20.6 Å². The summed E-state index contributed by atoms with van der Waals surface area (Å²) in [4.78, 5) is 28.5. The Morgan fingerprint density at radius 1 is 1.38 bits per heavy atom. The van der Waals surface area contributed by atoms with Crippen LogP contribution in [-0.2, 0) is 9.53 Å². The summed E-state index contributed by atoms with van der Waals surface area (Å²) in [6.07, 6.45) is 0.977. The molecule has 0 N–H and O–H groups in total. The largest absolute Gasteiger partial charge is 0.423 e. The number of amides is 2. The normalized spacial score (nSPS) is 27.7. The average Bonchev–Trinajstić information content (AvgIpc) is 3.13. The van der Waals surface area contributed by atoms with E-state index < -0.39 is 12.3 Å². The number of rotatable bonds is 3. The van der Waals surface area contributed by atoms with Gasteiger partial charge in [0.25, 0.3) is 0 Å². The van der Waals surface area contributed by atoms with Crippen LogP contribution >= 0.6 is 11.8 Å². The number of cyclic esters (lactones) is 1. The minimum Gasteiger partial charge on any atom is -0.423 e. The summed E-state index contributed by atoms with van der Waals surface area (Å²) in [5.74, 6) is 0.622. The molecule has 3 atom stereocenters. The van der Waals surface area contributed by atoms with Gasteiger partial charge in [0.2, 0.25) is 5.91 Å². The van der Waals surface area contributed by atoms with E-state index in [2.05, 4.69) is 4.90 Å². The first kappa shape index (κ1) is 17.5. The fraction of sp³-hybridized carbons (Fsp3) is 0.556. The predicted octanol–water partition coefficient (Wildman–Crippen LogP) is 2.67. The number of hydrogen-bond donors (Lipinski definition) is 0. The zero-order valence-electron chi connectivity index (χ0n) is 14.9. The maximum Gasteiger partial charge on any atom is 0.416 e. The number of carbonyl (C=O) groups excluding carboxylic acids is 2. The van der Waals surface area contributed by atoms with Gasteiger partial charge in [0, 0.05) is 31.8 Å². The van der Waals surface area contributed by atoms with Gasteiger partial charge in [-0.05, 0) is 36.8 Å². The maximum absolute atomic E-state index is 14.8. The van der Waals surface area contributed by atoms with Crippen LogP contribution in [-0.4, -0.2) is 60.3 Å². The van der Waals surface area contributed by atoms with Crippen LogP contribution in [0.1, 0.15) is 19.8 Å². The second-order valence-corrected chi connectivity index (χ2v) is 8.45. The molecule has 1 aromatic carbocycles. The highest BCUT2D eigenvalue weighted by atomic mass is 32.2. The van der Waals surface area contributed by atoms with Gasteiger partial charge in [0.1, 0.15) is 5.82 Å². The van der Waals surface area contributed by atoms with Crippen molar-refractivity contribution in [3.63, 3.8) is 0 Å². The van der Waals surface area contributed by atoms with Gasteiger partial charge >= 0.3 is 6.09 Å². The molecule has 4 rings (SSSR count). The van der Waals surface area contributed by atoms with Crippen molar-refractivity contribution in [1.82, 2.24) is 4.90 Å². The quantitative estimate of drug-likeness (QED) is 0.808. The Morgan fingerprint density at radius 3 is 2.88 bits per heavy atom. The predicted molar refractivity (Wildman–Crippen MR) is 99.1 cm³/mol. The molecule has 0 radical (unpaired) electrons. The average molecular weight is 379 g/mol. The summed E-state index contributed by atoms with van der Waals surface area (Å²) >= 11 is 1.97. The first-order valence-corrected chi connectivity index (χ1v) is 9.88. The van der Waals surface area contributed by atoms with E-state index in [0.717, 1.165) is 25.1 Å². The van der Waals surface area contributed by atoms with Crippen molar-refractivity contribution in [2.45, 2.75) is 37.3 Å². The number of carbonyl (C=O) groups is 2. The zero-order valence-corrected chi connectivity index (χ0v) is 15.7. The number of hydrogen-bond acceptors (Lipinski definition) is 5. The number of benzene rings is 1. The third-order valence-electron chi connectivity index (χ3n) is 5.46. The molecule has 8 heteroatoms. The van der Waals surface area contributed by atoms with Gasteiger partial charge in [0.05, 0.1) is 17.9 Å². The van der Waals surface area contributed by atoms with Crippen LogP contribution in [0.15, 0.2) is 18.2 Å². The zero-order chi connectivity index (χ0) is 18.4. The molecule has 2 bridgehead atoms. The topological polar surface area (TPSA) is 53.1 Å². The van der Waals surface area contributed by atoms with Crippen LogP contribution in [0, 0.1) is 5.82 Å². The van der Waals surface area contributed by atoms with Gasteiger partial charge in [-0.1, -0.05) is 0 Å². The fourth-order valence-electron chi connectivity index (χ4n) is 3.89. The number of ether oxygens (including phenoxy) is 1.